The van der Waals surface area contributed by atoms with Crippen LogP contribution < -0.4 is 5.73 Å². The lowest BCUT2D eigenvalue weighted by Gasteiger charge is -2.02. The molecule has 0 heterocycles. The maximum atomic E-state index is 5.70. The molecule has 0 unspecified atom stereocenters. The van der Waals surface area contributed by atoms with Crippen LogP contribution in [0.2, 0.25) is 0 Å². The molecular weight excluding hydrogens is 158 g/mol. The van der Waals surface area contributed by atoms with E-state index in [-0.39, 0.29) is 0 Å². The third-order valence-electron chi connectivity index (χ3n) is 1.88. The summed E-state index contributed by atoms with van der Waals surface area (Å²) in [6.45, 7) is 4.04. The largest absolute Gasteiger partial charge is 0.399 e. The molecule has 0 aliphatic carbocycles. The number of anilines is 1. The van der Waals surface area contributed by atoms with E-state index in [1.807, 2.05) is 38.1 Å². The zero-order valence-corrected chi connectivity index (χ0v) is 8.12. The molecule has 0 aliphatic heterocycles. The summed E-state index contributed by atoms with van der Waals surface area (Å²) >= 11 is 0. The number of benzene rings is 1. The van der Waals surface area contributed by atoms with Crippen LogP contribution in [0.5, 0.6) is 0 Å². The minimum absolute atomic E-state index is 0.807. The average Bonchev–Trinajstić information content (AvgIpc) is 2.14. The molecule has 0 saturated heterocycles. The van der Waals surface area contributed by atoms with Gasteiger partial charge in [-0.05, 0) is 37.1 Å². The van der Waals surface area contributed by atoms with E-state index in [2.05, 4.69) is 18.2 Å². The van der Waals surface area contributed by atoms with Crippen molar-refractivity contribution in [3.05, 3.63) is 48.1 Å². The van der Waals surface area contributed by atoms with Gasteiger partial charge in [-0.3, -0.25) is 0 Å². The van der Waals surface area contributed by atoms with Gasteiger partial charge in [-0.15, -0.1) is 0 Å². The fourth-order valence-electron chi connectivity index (χ4n) is 1.26. The van der Waals surface area contributed by atoms with E-state index in [0.29, 0.717) is 0 Å². The Bertz CT molecular complexity index is 335. The van der Waals surface area contributed by atoms with Gasteiger partial charge >= 0.3 is 0 Å². The summed E-state index contributed by atoms with van der Waals surface area (Å²) in [4.78, 5) is 0. The summed E-state index contributed by atoms with van der Waals surface area (Å²) in [7, 11) is 0. The molecule has 1 rings (SSSR count). The maximum absolute atomic E-state index is 5.70. The molecule has 0 aromatic heterocycles. The first-order valence-electron chi connectivity index (χ1n) is 4.43. The van der Waals surface area contributed by atoms with Crippen molar-refractivity contribution in [2.24, 2.45) is 0 Å². The van der Waals surface area contributed by atoms with Crippen LogP contribution in [0.25, 0.3) is 5.57 Å². The van der Waals surface area contributed by atoms with Crippen molar-refractivity contribution in [3.63, 3.8) is 0 Å². The highest BCUT2D eigenvalue weighted by atomic mass is 14.5. The summed E-state index contributed by atoms with van der Waals surface area (Å²) in [6, 6.07) is 7.91. The summed E-state index contributed by atoms with van der Waals surface area (Å²) < 4.78 is 0. The normalized spacial score (nSPS) is 12.3. The van der Waals surface area contributed by atoms with Crippen LogP contribution in [0.3, 0.4) is 0 Å². The van der Waals surface area contributed by atoms with Crippen molar-refractivity contribution >= 4 is 11.3 Å². The lowest BCUT2D eigenvalue weighted by molar-refractivity contribution is 1.58. The minimum Gasteiger partial charge on any atom is -0.399 e. The number of allylic oxidation sites excluding steroid dienone is 4. The van der Waals surface area contributed by atoms with Gasteiger partial charge in [-0.2, -0.15) is 0 Å². The van der Waals surface area contributed by atoms with Crippen LogP contribution in [0.1, 0.15) is 19.4 Å². The highest BCUT2D eigenvalue weighted by Crippen LogP contribution is 2.17. The molecule has 2 N–H and O–H groups in total. The van der Waals surface area contributed by atoms with Crippen LogP contribution in [0, 0.1) is 0 Å². The van der Waals surface area contributed by atoms with Crippen LogP contribution in [-0.2, 0) is 0 Å². The first-order chi connectivity index (χ1) is 6.27. The Kier molecular flexibility index (Phi) is 3.32. The molecule has 13 heavy (non-hydrogen) atoms. The zero-order chi connectivity index (χ0) is 9.68. The predicted molar refractivity (Wildman–Crippen MR) is 59.3 cm³/mol. The SMILES string of the molecule is C/C=C\C(=C/C)c1cccc(N)c1. The molecule has 0 fully saturated rings. The quantitative estimate of drug-likeness (QED) is 0.539. The average molecular weight is 173 g/mol. The number of nitrogen functional groups attached to an aromatic ring is 1. The molecule has 0 saturated carbocycles. The Morgan fingerprint density at radius 2 is 2.08 bits per heavy atom. The van der Waals surface area contributed by atoms with Gasteiger partial charge < -0.3 is 5.73 Å². The molecule has 0 aliphatic rings. The van der Waals surface area contributed by atoms with E-state index in [9.17, 15) is 0 Å². The minimum atomic E-state index is 0.807. The van der Waals surface area contributed by atoms with Gasteiger partial charge in [0.25, 0.3) is 0 Å². The van der Waals surface area contributed by atoms with E-state index in [0.717, 1.165) is 5.69 Å². The Hall–Kier alpha value is -1.50. The molecule has 1 nitrogen and oxygen atoms in total. The Labute approximate surface area is 79.6 Å². The lowest BCUT2D eigenvalue weighted by Crippen LogP contribution is -1.86. The molecule has 0 radical (unpaired) electrons. The third kappa shape index (κ3) is 2.48. The molecule has 0 amide bonds. The molecule has 1 heteroatoms. The van der Waals surface area contributed by atoms with Crippen molar-refractivity contribution < 1.29 is 0 Å². The Balaban J connectivity index is 3.06. The van der Waals surface area contributed by atoms with Crippen molar-refractivity contribution in [1.82, 2.24) is 0 Å². The van der Waals surface area contributed by atoms with E-state index >= 15 is 0 Å². The summed E-state index contributed by atoms with van der Waals surface area (Å²) in [5.41, 5.74) is 8.87. The first kappa shape index (κ1) is 9.59. The highest BCUT2D eigenvalue weighted by Gasteiger charge is 1.95. The van der Waals surface area contributed by atoms with Crippen molar-refractivity contribution in [2.75, 3.05) is 5.73 Å². The topological polar surface area (TPSA) is 26.0 Å². The Morgan fingerprint density at radius 3 is 2.62 bits per heavy atom. The fraction of sp³-hybridized carbons (Fsp3) is 0.167. The summed E-state index contributed by atoms with van der Waals surface area (Å²) in [5.74, 6) is 0. The van der Waals surface area contributed by atoms with Gasteiger partial charge in [0, 0.05) is 5.69 Å². The number of hydrogen-bond donors (Lipinski definition) is 1. The van der Waals surface area contributed by atoms with E-state index in [4.69, 9.17) is 5.73 Å². The van der Waals surface area contributed by atoms with Crippen LogP contribution >= 0.6 is 0 Å². The molecule has 1 aromatic carbocycles. The van der Waals surface area contributed by atoms with Gasteiger partial charge in [0.05, 0.1) is 0 Å². The predicted octanol–water partition coefficient (Wildman–Crippen LogP) is 3.25. The summed E-state index contributed by atoms with van der Waals surface area (Å²) in [6.07, 6.45) is 6.18. The first-order valence-corrected chi connectivity index (χ1v) is 4.43. The Morgan fingerprint density at radius 1 is 1.31 bits per heavy atom. The van der Waals surface area contributed by atoms with Gasteiger partial charge in [-0.25, -0.2) is 0 Å². The monoisotopic (exact) mass is 173 g/mol. The lowest BCUT2D eigenvalue weighted by atomic mass is 10.0. The standard InChI is InChI=1S/C12H15N/c1-3-6-10(4-2)11-7-5-8-12(13)9-11/h3-9H,13H2,1-2H3/b6-3-,10-4+. The van der Waals surface area contributed by atoms with Gasteiger partial charge in [0.1, 0.15) is 0 Å². The van der Waals surface area contributed by atoms with E-state index in [1.54, 1.807) is 0 Å². The van der Waals surface area contributed by atoms with Gasteiger partial charge in [-0.1, -0.05) is 30.4 Å². The molecular formula is C12H15N. The van der Waals surface area contributed by atoms with Crippen molar-refractivity contribution in [2.45, 2.75) is 13.8 Å². The fourth-order valence-corrected chi connectivity index (χ4v) is 1.26. The third-order valence-corrected chi connectivity index (χ3v) is 1.88. The second kappa shape index (κ2) is 4.51. The second-order valence-corrected chi connectivity index (χ2v) is 2.87. The van der Waals surface area contributed by atoms with Crippen molar-refractivity contribution in [3.8, 4) is 0 Å². The number of nitrogens with two attached hydrogens (primary N) is 1. The molecule has 0 atom stereocenters. The molecule has 1 aromatic rings. The van der Waals surface area contributed by atoms with E-state index < -0.39 is 0 Å². The van der Waals surface area contributed by atoms with Crippen molar-refractivity contribution in [1.29, 1.82) is 0 Å². The smallest absolute Gasteiger partial charge is 0.0320 e. The van der Waals surface area contributed by atoms with E-state index in [1.165, 1.54) is 11.1 Å². The maximum Gasteiger partial charge on any atom is 0.0320 e. The number of rotatable bonds is 2. The number of hydrogen-bond acceptors (Lipinski definition) is 1. The zero-order valence-electron chi connectivity index (χ0n) is 8.12. The second-order valence-electron chi connectivity index (χ2n) is 2.87. The summed E-state index contributed by atoms with van der Waals surface area (Å²) in [5, 5.41) is 0. The van der Waals surface area contributed by atoms with Gasteiger partial charge in [0.2, 0.25) is 0 Å². The van der Waals surface area contributed by atoms with Crippen LogP contribution in [0.4, 0.5) is 5.69 Å². The van der Waals surface area contributed by atoms with Crippen LogP contribution in [-0.4, -0.2) is 0 Å². The molecule has 68 valence electrons. The van der Waals surface area contributed by atoms with Gasteiger partial charge in [0.15, 0.2) is 0 Å². The van der Waals surface area contributed by atoms with Crippen LogP contribution in [0.15, 0.2) is 42.5 Å². The highest BCUT2D eigenvalue weighted by molar-refractivity contribution is 5.75. The molecule has 0 bridgehead atoms. The molecule has 0 spiro atoms.